The lowest BCUT2D eigenvalue weighted by Gasteiger charge is -2.18. The minimum Gasteiger partial charge on any atom is -0.361 e. The zero-order valence-electron chi connectivity index (χ0n) is 41.4. The molecule has 0 unspecified atom stereocenters. The van der Waals surface area contributed by atoms with Crippen LogP contribution in [0.3, 0.4) is 0 Å². The highest BCUT2D eigenvalue weighted by Gasteiger charge is 2.19. The summed E-state index contributed by atoms with van der Waals surface area (Å²) < 4.78 is 2.41. The average molecular weight is 928 g/mol. The third kappa shape index (κ3) is 9.74. The molecule has 0 spiro atoms. The molecule has 0 saturated heterocycles. The van der Waals surface area contributed by atoms with E-state index < -0.39 is 0 Å². The Morgan fingerprint density at radius 3 is 1.86 bits per heavy atom. The Balaban J connectivity index is 0.000000179. The summed E-state index contributed by atoms with van der Waals surface area (Å²) in [4.78, 5) is 4.81. The van der Waals surface area contributed by atoms with Crippen LogP contribution < -0.4 is 5.32 Å². The highest BCUT2D eigenvalue weighted by Crippen LogP contribution is 2.42. The van der Waals surface area contributed by atoms with Crippen LogP contribution in [-0.2, 0) is 0 Å². The number of aliphatic imine (C=N–C) groups is 1. The third-order valence-corrected chi connectivity index (χ3v) is 13.5. The molecule has 0 atom stereocenters. The maximum absolute atomic E-state index is 4.81. The summed E-state index contributed by atoms with van der Waals surface area (Å²) in [5.74, 6) is 0. The zero-order valence-corrected chi connectivity index (χ0v) is 41.4. The molecule has 0 amide bonds. The Bertz CT molecular complexity index is 3780. The van der Waals surface area contributed by atoms with Crippen molar-refractivity contribution in [3.8, 4) is 50.2 Å². The highest BCUT2D eigenvalue weighted by atomic mass is 15.0. The lowest BCUT2D eigenvalue weighted by molar-refractivity contribution is 1.17. The van der Waals surface area contributed by atoms with E-state index in [4.69, 9.17) is 4.99 Å². The van der Waals surface area contributed by atoms with E-state index in [0.717, 1.165) is 39.5 Å². The predicted octanol–water partition coefficient (Wildman–Crippen LogP) is 18.8. The Kier molecular flexibility index (Phi) is 13.5. The van der Waals surface area contributed by atoms with Crippen molar-refractivity contribution in [2.75, 3.05) is 5.32 Å². The SMILES string of the molecule is C=C(C)c1cccc(C)c1-c1cc(-n2c3ccccc3c3cc4c(cc32)N/C=C/C=C\C=C/c2ccccc2-4)ccc1C.C=C(N=C(C)c1cccc(-c2ccccc2)c1)c1cccc(-c2ccccc2)c1. The number of aromatic nitrogens is 1. The topological polar surface area (TPSA) is 29.3 Å². The summed E-state index contributed by atoms with van der Waals surface area (Å²) in [6, 6.07) is 73.0. The van der Waals surface area contributed by atoms with Crippen LogP contribution >= 0.6 is 0 Å². The number of rotatable bonds is 8. The van der Waals surface area contributed by atoms with Crippen LogP contribution in [0.1, 0.15) is 47.2 Å². The molecule has 9 aromatic carbocycles. The van der Waals surface area contributed by atoms with Gasteiger partial charge in [-0.2, -0.15) is 0 Å². The van der Waals surface area contributed by atoms with E-state index in [2.05, 4.69) is 256 Å². The van der Waals surface area contributed by atoms with Crippen molar-refractivity contribution in [3.63, 3.8) is 0 Å². The zero-order chi connectivity index (χ0) is 49.6. The monoisotopic (exact) mass is 927 g/mol. The Morgan fingerprint density at radius 1 is 0.472 bits per heavy atom. The molecular weight excluding hydrogens is 871 g/mol. The number of anilines is 1. The maximum atomic E-state index is 4.81. The molecule has 1 aromatic heterocycles. The number of nitrogens with one attached hydrogen (secondary N) is 1. The van der Waals surface area contributed by atoms with E-state index >= 15 is 0 Å². The van der Waals surface area contributed by atoms with Gasteiger partial charge in [-0.05, 0) is 143 Å². The Labute approximate surface area is 424 Å². The molecule has 348 valence electrons. The minimum atomic E-state index is 0.769. The summed E-state index contributed by atoms with van der Waals surface area (Å²) in [6.45, 7) is 17.0. The molecule has 0 fully saturated rings. The lowest BCUT2D eigenvalue weighted by atomic mass is 9.89. The molecule has 3 heteroatoms. The second kappa shape index (κ2) is 20.9. The van der Waals surface area contributed by atoms with Crippen molar-refractivity contribution < 1.29 is 0 Å². The number of para-hydroxylation sites is 1. The van der Waals surface area contributed by atoms with Crippen LogP contribution in [0, 0.1) is 13.8 Å². The number of benzene rings is 9. The Hall–Kier alpha value is -9.05. The van der Waals surface area contributed by atoms with Crippen molar-refractivity contribution in [1.29, 1.82) is 0 Å². The second-order valence-electron chi connectivity index (χ2n) is 18.4. The molecule has 0 radical (unpaired) electrons. The van der Waals surface area contributed by atoms with Crippen molar-refractivity contribution in [2.45, 2.75) is 27.7 Å². The van der Waals surface area contributed by atoms with Crippen LogP contribution in [0.25, 0.3) is 89.3 Å². The van der Waals surface area contributed by atoms with Gasteiger partial charge < -0.3 is 9.88 Å². The summed E-state index contributed by atoms with van der Waals surface area (Å²) in [6.07, 6.45) is 12.4. The van der Waals surface area contributed by atoms with Crippen LogP contribution in [0.5, 0.6) is 0 Å². The summed E-state index contributed by atoms with van der Waals surface area (Å²) in [5, 5.41) is 6.07. The van der Waals surface area contributed by atoms with E-state index in [-0.39, 0.29) is 0 Å². The van der Waals surface area contributed by atoms with Gasteiger partial charge in [-0.3, -0.25) is 4.99 Å². The number of allylic oxidation sites excluding steroid dienone is 5. The molecule has 10 aromatic rings. The standard InChI is InChI=1S/C41H34N2.C28H23N/c1-27(2)32-19-13-14-29(4)41(32)35-24-31(22-21-28(35)3)43-39-20-11-10-18-34(39)37-25-36-33-17-9-8-16-30(33)15-7-5-6-12-23-42-38(36)26-40(37)43;1-21(25-15-9-17-27(19-25)23-11-5-3-6-12-23)29-22(2)26-16-10-18-28(20-26)24-13-7-4-8-14-24/h5-26,42H,1H2,2-4H3;3-20H,1H2,2H3/b6-5-,15-7-,23-12+;. The molecule has 0 saturated carbocycles. The number of aryl methyl sites for hydroxylation is 2. The van der Waals surface area contributed by atoms with Gasteiger partial charge in [0.15, 0.2) is 0 Å². The number of nitrogens with zero attached hydrogens (tertiary/aromatic N) is 2. The van der Waals surface area contributed by atoms with Crippen molar-refractivity contribution >= 4 is 50.6 Å². The maximum Gasteiger partial charge on any atom is 0.0633 e. The molecule has 11 rings (SSSR count). The van der Waals surface area contributed by atoms with Crippen LogP contribution in [0.4, 0.5) is 5.69 Å². The van der Waals surface area contributed by atoms with Gasteiger partial charge in [0, 0.05) is 45.2 Å². The van der Waals surface area contributed by atoms with E-state index in [1.54, 1.807) is 0 Å². The van der Waals surface area contributed by atoms with Crippen LogP contribution in [0.2, 0.25) is 0 Å². The second-order valence-corrected chi connectivity index (χ2v) is 18.4. The quantitative estimate of drug-likeness (QED) is 0.151. The first-order valence-electron chi connectivity index (χ1n) is 24.6. The van der Waals surface area contributed by atoms with E-state index in [1.165, 1.54) is 88.6 Å². The highest BCUT2D eigenvalue weighted by molar-refractivity contribution is 6.12. The molecule has 72 heavy (non-hydrogen) atoms. The van der Waals surface area contributed by atoms with Gasteiger partial charge >= 0.3 is 0 Å². The van der Waals surface area contributed by atoms with Gasteiger partial charge in [-0.25, -0.2) is 0 Å². The smallest absolute Gasteiger partial charge is 0.0633 e. The number of hydrogen-bond donors (Lipinski definition) is 1. The van der Waals surface area contributed by atoms with Crippen LogP contribution in [-0.4, -0.2) is 10.3 Å². The molecule has 3 nitrogen and oxygen atoms in total. The largest absolute Gasteiger partial charge is 0.361 e. The fourth-order valence-electron chi connectivity index (χ4n) is 9.80. The van der Waals surface area contributed by atoms with Gasteiger partial charge in [0.05, 0.1) is 16.7 Å². The fraction of sp³-hybridized carbons (Fsp3) is 0.0580. The summed E-state index contributed by atoms with van der Waals surface area (Å²) in [7, 11) is 0. The van der Waals surface area contributed by atoms with E-state index in [0.29, 0.717) is 0 Å². The van der Waals surface area contributed by atoms with Gasteiger partial charge in [-0.15, -0.1) is 0 Å². The molecule has 0 aliphatic carbocycles. The van der Waals surface area contributed by atoms with Crippen molar-refractivity contribution in [1.82, 2.24) is 4.57 Å². The molecule has 1 N–H and O–H groups in total. The van der Waals surface area contributed by atoms with Gasteiger partial charge in [0.25, 0.3) is 0 Å². The predicted molar refractivity (Wildman–Crippen MR) is 312 cm³/mol. The molecule has 2 heterocycles. The first-order valence-corrected chi connectivity index (χ1v) is 24.6. The Morgan fingerprint density at radius 2 is 1.11 bits per heavy atom. The number of hydrogen-bond acceptors (Lipinski definition) is 2. The van der Waals surface area contributed by atoms with Crippen LogP contribution in [0.15, 0.2) is 255 Å². The first-order chi connectivity index (χ1) is 35.2. The summed E-state index contributed by atoms with van der Waals surface area (Å²) >= 11 is 0. The fourth-order valence-corrected chi connectivity index (χ4v) is 9.80. The van der Waals surface area contributed by atoms with Gasteiger partial charge in [0.1, 0.15) is 0 Å². The molecular formula is C69H57N3. The first kappa shape index (κ1) is 46.7. The third-order valence-electron chi connectivity index (χ3n) is 13.5. The van der Waals surface area contributed by atoms with E-state index in [9.17, 15) is 0 Å². The summed E-state index contributed by atoms with van der Waals surface area (Å²) in [5.41, 5.74) is 24.0. The minimum absolute atomic E-state index is 0.769. The molecule has 1 aliphatic rings. The lowest BCUT2D eigenvalue weighted by Crippen LogP contribution is -1.99. The average Bonchev–Trinajstić information content (AvgIpc) is 3.72. The number of fused-ring (bicyclic) bond motifs is 6. The van der Waals surface area contributed by atoms with Gasteiger partial charge in [0.2, 0.25) is 0 Å². The van der Waals surface area contributed by atoms with E-state index in [1.807, 2.05) is 37.4 Å². The molecule has 1 aliphatic heterocycles. The van der Waals surface area contributed by atoms with Crippen molar-refractivity contribution in [3.05, 3.63) is 283 Å². The van der Waals surface area contributed by atoms with Gasteiger partial charge in [-0.1, -0.05) is 207 Å². The normalized spacial score (nSPS) is 13.4. The van der Waals surface area contributed by atoms with Crippen molar-refractivity contribution in [2.24, 2.45) is 4.99 Å². The molecule has 0 bridgehead atoms.